The lowest BCUT2D eigenvalue weighted by Crippen LogP contribution is -2.60. The SMILES string of the molecule is CCn1c2c3c4cc(ccc41)[C@@H]1C[C@H]1N(C)CC(N)C(=O)N1CCC[C@H](N1)C(=O)OCC(C)(C)C3[C@H](OC)C1=C2CC(N2CCN(C3CC3)CC2)C=N1. The van der Waals surface area contributed by atoms with Crippen molar-refractivity contribution >= 4 is 34.6 Å². The van der Waals surface area contributed by atoms with Crippen molar-refractivity contribution in [3.05, 3.63) is 40.7 Å². The second-order valence-corrected chi connectivity index (χ2v) is 17.5. The maximum atomic E-state index is 13.7. The van der Waals surface area contributed by atoms with Gasteiger partial charge in [-0.3, -0.25) is 29.4 Å². The van der Waals surface area contributed by atoms with Crippen molar-refractivity contribution in [3.8, 4) is 0 Å². The van der Waals surface area contributed by atoms with Crippen molar-refractivity contribution < 1.29 is 19.1 Å². The second-order valence-electron chi connectivity index (χ2n) is 17.5. The van der Waals surface area contributed by atoms with E-state index in [1.54, 1.807) is 5.01 Å². The van der Waals surface area contributed by atoms with Crippen LogP contribution in [0, 0.1) is 5.41 Å². The van der Waals surface area contributed by atoms with Crippen molar-refractivity contribution in [1.29, 1.82) is 0 Å². The molecular formula is C41H58N8O4. The number of hydrazine groups is 1. The van der Waals surface area contributed by atoms with E-state index in [4.69, 9.17) is 20.2 Å². The van der Waals surface area contributed by atoms with E-state index in [0.717, 1.165) is 57.3 Å². The Morgan fingerprint density at radius 3 is 2.58 bits per heavy atom. The van der Waals surface area contributed by atoms with E-state index in [2.05, 4.69) is 76.9 Å². The average Bonchev–Trinajstić information content (AvgIpc) is 4.12. The highest BCUT2D eigenvalue weighted by Gasteiger charge is 2.50. The van der Waals surface area contributed by atoms with Crippen molar-refractivity contribution in [2.75, 3.05) is 60.0 Å². The molecule has 2 saturated heterocycles. The molecule has 1 aromatic heterocycles. The zero-order valence-electron chi connectivity index (χ0n) is 32.2. The normalized spacial score (nSPS) is 34.2. The summed E-state index contributed by atoms with van der Waals surface area (Å²) in [5.74, 6) is -0.280. The number of amides is 1. The van der Waals surface area contributed by atoms with Gasteiger partial charge in [-0.25, -0.2) is 5.43 Å². The molecule has 4 bridgehead atoms. The van der Waals surface area contributed by atoms with Gasteiger partial charge in [0, 0.05) is 111 Å². The summed E-state index contributed by atoms with van der Waals surface area (Å²) in [5, 5.41) is 2.80. The minimum atomic E-state index is -0.687. The van der Waals surface area contributed by atoms with Crippen LogP contribution in [0.2, 0.25) is 0 Å². The molecule has 0 radical (unpaired) electrons. The molecule has 2 saturated carbocycles. The third-order valence-corrected chi connectivity index (χ3v) is 13.6. The van der Waals surface area contributed by atoms with Gasteiger partial charge < -0.3 is 24.7 Å². The maximum absolute atomic E-state index is 13.7. The van der Waals surface area contributed by atoms with Gasteiger partial charge in [0.05, 0.1) is 24.0 Å². The van der Waals surface area contributed by atoms with Crippen molar-refractivity contribution in [2.45, 2.75) is 114 Å². The summed E-state index contributed by atoms with van der Waals surface area (Å²) in [6.07, 6.45) is 7.83. The van der Waals surface area contributed by atoms with Crippen molar-refractivity contribution in [3.63, 3.8) is 0 Å². The molecule has 12 nitrogen and oxygen atoms in total. The number of hydrogen-bond acceptors (Lipinski definition) is 10. The van der Waals surface area contributed by atoms with E-state index in [1.807, 2.05) is 7.11 Å². The molecule has 1 aromatic carbocycles. The number of aromatic nitrogens is 1. The number of cyclic esters (lactones) is 1. The van der Waals surface area contributed by atoms with Gasteiger partial charge in [-0.05, 0) is 75.8 Å². The number of ether oxygens (including phenoxy) is 2. The number of piperazine rings is 1. The van der Waals surface area contributed by atoms with E-state index in [0.29, 0.717) is 37.9 Å². The summed E-state index contributed by atoms with van der Waals surface area (Å²) in [6.45, 7) is 13.1. The van der Waals surface area contributed by atoms with E-state index < -0.39 is 17.5 Å². The number of rotatable bonds is 4. The number of nitrogens with one attached hydrogen (secondary N) is 1. The summed E-state index contributed by atoms with van der Waals surface area (Å²) in [4.78, 5) is 40.1. The third kappa shape index (κ3) is 6.17. The fourth-order valence-electron chi connectivity index (χ4n) is 10.4. The maximum Gasteiger partial charge on any atom is 0.324 e. The molecule has 12 heteroatoms. The van der Waals surface area contributed by atoms with Crippen molar-refractivity contribution in [1.82, 2.24) is 29.7 Å². The molecule has 7 atom stereocenters. The molecule has 286 valence electrons. The topological polar surface area (TPSA) is 121 Å². The number of fused-ring (bicyclic) bond motifs is 6. The number of hydrogen-bond donors (Lipinski definition) is 2. The molecule has 3 unspecified atom stereocenters. The van der Waals surface area contributed by atoms with Crippen LogP contribution < -0.4 is 11.2 Å². The van der Waals surface area contributed by atoms with Gasteiger partial charge in [-0.1, -0.05) is 19.9 Å². The Labute approximate surface area is 313 Å². The zero-order chi connectivity index (χ0) is 36.8. The Kier molecular flexibility index (Phi) is 9.10. The first kappa shape index (κ1) is 35.6. The summed E-state index contributed by atoms with van der Waals surface area (Å²) in [5.41, 5.74) is 16.6. The van der Waals surface area contributed by atoms with Crippen LogP contribution >= 0.6 is 0 Å². The minimum absolute atomic E-state index is 0.123. The fourth-order valence-corrected chi connectivity index (χ4v) is 10.4. The lowest BCUT2D eigenvalue weighted by molar-refractivity contribution is -0.156. The van der Waals surface area contributed by atoms with Gasteiger partial charge in [0.15, 0.2) is 0 Å². The van der Waals surface area contributed by atoms with Crippen LogP contribution in [0.15, 0.2) is 28.9 Å². The lowest BCUT2D eigenvalue weighted by atomic mass is 9.66. The molecule has 0 spiro atoms. The lowest BCUT2D eigenvalue weighted by Gasteiger charge is -2.45. The first-order valence-corrected chi connectivity index (χ1v) is 20.2. The first-order valence-electron chi connectivity index (χ1n) is 20.2. The molecule has 3 aliphatic carbocycles. The van der Waals surface area contributed by atoms with Crippen molar-refractivity contribution in [2.24, 2.45) is 16.1 Å². The fraction of sp³-hybridized carbons (Fsp3) is 0.683. The Morgan fingerprint density at radius 2 is 1.85 bits per heavy atom. The van der Waals surface area contributed by atoms with Crippen LogP contribution in [0.25, 0.3) is 16.5 Å². The molecule has 3 N–H and O–H groups in total. The smallest absolute Gasteiger partial charge is 0.324 e. The van der Waals surface area contributed by atoms with Gasteiger partial charge >= 0.3 is 5.97 Å². The highest BCUT2D eigenvalue weighted by molar-refractivity contribution is 5.95. The number of aliphatic imine (C=N–C) groups is 1. The number of nitrogens with two attached hydrogens (primary N) is 1. The summed E-state index contributed by atoms with van der Waals surface area (Å²) < 4.78 is 15.3. The molecule has 1 amide bonds. The van der Waals surface area contributed by atoms with Crippen LogP contribution in [0.1, 0.15) is 88.0 Å². The Hall–Kier alpha value is -3.13. The minimum Gasteiger partial charge on any atom is -0.464 e. The van der Waals surface area contributed by atoms with Gasteiger partial charge in [0.25, 0.3) is 5.91 Å². The van der Waals surface area contributed by atoms with E-state index in [9.17, 15) is 9.59 Å². The average molecular weight is 727 g/mol. The van der Waals surface area contributed by atoms with E-state index in [1.165, 1.54) is 46.1 Å². The standard InChI is InChI=1S/C41H58N8O4/c1-6-48-32-12-9-24-18-28(32)34-35(38(52-5)36-29(37(34)48)19-26(21-43-36)47-16-14-46(15-17-47)25-10-11-25)41(2,3)23-53-40(51)31-8-7-13-49(44-31)39(50)30(42)22-45(4)33-20-27(24)33/h9,12,18,21,25-27,30-31,33,35,38,44H,6-8,10-11,13-17,19-20,22-23,42H2,1-5H3/t26?,27-,30?,31-,33+,35?,38-/m0/s1. The summed E-state index contributed by atoms with van der Waals surface area (Å²) >= 11 is 0. The zero-order valence-corrected chi connectivity index (χ0v) is 32.2. The second kappa shape index (κ2) is 13.6. The molecule has 4 fully saturated rings. The molecule has 4 aliphatic heterocycles. The largest absolute Gasteiger partial charge is 0.464 e. The van der Waals surface area contributed by atoms with Crippen LogP contribution in [0.5, 0.6) is 0 Å². The molecule has 53 heavy (non-hydrogen) atoms. The quantitative estimate of drug-likeness (QED) is 0.458. The number of esters is 1. The molecule has 5 heterocycles. The number of benzene rings is 1. The van der Waals surface area contributed by atoms with Gasteiger partial charge in [-0.15, -0.1) is 0 Å². The highest BCUT2D eigenvalue weighted by atomic mass is 16.5. The number of nitrogens with zero attached hydrogens (tertiary/aromatic N) is 6. The molecule has 9 rings (SSSR count). The molecule has 7 aliphatic rings. The van der Waals surface area contributed by atoms with Gasteiger partial charge in [-0.2, -0.15) is 0 Å². The monoisotopic (exact) mass is 726 g/mol. The van der Waals surface area contributed by atoms with Crippen LogP contribution in [-0.2, 0) is 25.6 Å². The Balaban J connectivity index is 1.13. The van der Waals surface area contributed by atoms with E-state index >= 15 is 0 Å². The Bertz CT molecular complexity index is 1840. The third-order valence-electron chi connectivity index (χ3n) is 13.6. The number of aryl methyl sites for hydroxylation is 1. The summed E-state index contributed by atoms with van der Waals surface area (Å²) in [6, 6.07) is 7.13. The molecular weight excluding hydrogens is 669 g/mol. The van der Waals surface area contributed by atoms with Gasteiger partial charge in [0.1, 0.15) is 12.1 Å². The predicted molar refractivity (Wildman–Crippen MR) is 205 cm³/mol. The van der Waals surface area contributed by atoms with Gasteiger partial charge in [0.2, 0.25) is 0 Å². The first-order chi connectivity index (χ1) is 25.6. The number of carbonyl (C=O) groups excluding carboxylic acids is 2. The predicted octanol–water partition coefficient (Wildman–Crippen LogP) is 3.30. The highest BCUT2D eigenvalue weighted by Crippen LogP contribution is 2.55. The van der Waals surface area contributed by atoms with Crippen LogP contribution in [0.4, 0.5) is 0 Å². The number of likely N-dealkylation sites (N-methyl/N-ethyl adjacent to an activating group) is 1. The number of methoxy groups -OCH3 is 1. The van der Waals surface area contributed by atoms with Crippen LogP contribution in [0.3, 0.4) is 0 Å². The Morgan fingerprint density at radius 1 is 1.08 bits per heavy atom. The number of carbonyl (C=O) groups is 2. The van der Waals surface area contributed by atoms with Crippen LogP contribution in [-0.4, -0.2) is 139 Å². The van der Waals surface area contributed by atoms with E-state index in [-0.39, 0.29) is 36.5 Å². The summed E-state index contributed by atoms with van der Waals surface area (Å²) in [7, 11) is 3.89. The molecule has 2 aromatic rings.